The van der Waals surface area contributed by atoms with Crippen molar-refractivity contribution < 1.29 is 43.2 Å². The van der Waals surface area contributed by atoms with Gasteiger partial charge in [0.2, 0.25) is 0 Å². The molecule has 0 saturated heterocycles. The number of unbranched alkanes of at least 4 members (excludes halogenated alkanes) is 18. The van der Waals surface area contributed by atoms with E-state index in [0.29, 0.717) is 32.2 Å². The first-order valence-corrected chi connectivity index (χ1v) is 27.4. The lowest BCUT2D eigenvalue weighted by atomic mass is 10.0. The Bertz CT molecular complexity index is 1120. The molecule has 0 bridgehead atoms. The number of hydrogen-bond donors (Lipinski definition) is 1. The summed E-state index contributed by atoms with van der Waals surface area (Å²) < 4.78 is 22.9. The second-order valence-corrected chi connectivity index (χ2v) is 19.3. The Kier molecular flexibility index (Phi) is 45.8. The number of nitrogens with zero attached hydrogens (tertiary/aromatic N) is 2. The van der Waals surface area contributed by atoms with E-state index in [0.717, 1.165) is 148 Å². The molecule has 0 aliphatic carbocycles. The van der Waals surface area contributed by atoms with E-state index < -0.39 is 0 Å². The number of aliphatic hydroxyl groups excluding tert-OH is 1. The normalized spacial score (nSPS) is 11.5. The van der Waals surface area contributed by atoms with Crippen molar-refractivity contribution in [2.45, 2.75) is 234 Å². The Morgan fingerprint density at radius 3 is 1.05 bits per heavy atom. The molecule has 0 fully saturated rings. The molecular weight excluding hydrogens is 833 g/mol. The lowest BCUT2D eigenvalue weighted by molar-refractivity contribution is -0.151. The molecule has 0 aromatic carbocycles. The van der Waals surface area contributed by atoms with E-state index in [1.165, 1.54) is 56.9 Å². The average Bonchev–Trinajstić information content (AvgIpc) is 3.30. The van der Waals surface area contributed by atoms with Crippen molar-refractivity contribution in [1.82, 2.24) is 9.80 Å². The molecule has 11 nitrogen and oxygen atoms in total. The molecule has 11 heteroatoms. The summed E-state index contributed by atoms with van der Waals surface area (Å²) in [6, 6.07) is 0. The standard InChI is InChI=1S/C55H104N2O9/c1-7-11-15-19-23-33-52(59)63-45-50(46-64-53(60)34-24-20-16-12-8-2)31-27-29-38-56(40-37-49(5)6)41-42-57(43-44-58)39-30-28-32-51(47-65-54(61)35-25-21-17-13-9-3)48-66-55(62)36-26-22-18-14-10-4/h37,50-51,58H,7-36,38-48H2,1-6H3. The van der Waals surface area contributed by atoms with Crippen LogP contribution in [0.3, 0.4) is 0 Å². The molecule has 0 aliphatic rings. The predicted octanol–water partition coefficient (Wildman–Crippen LogP) is 12.7. The molecule has 0 atom stereocenters. The fourth-order valence-electron chi connectivity index (χ4n) is 7.96. The summed E-state index contributed by atoms with van der Waals surface area (Å²) in [5, 5.41) is 9.98. The Labute approximate surface area is 405 Å². The quantitative estimate of drug-likeness (QED) is 0.0271. The Morgan fingerprint density at radius 1 is 0.409 bits per heavy atom. The lowest BCUT2D eigenvalue weighted by Gasteiger charge is -2.27. The van der Waals surface area contributed by atoms with Gasteiger partial charge in [0, 0.05) is 63.7 Å². The van der Waals surface area contributed by atoms with Gasteiger partial charge in [-0.2, -0.15) is 0 Å². The fraction of sp³-hybridized carbons (Fsp3) is 0.891. The van der Waals surface area contributed by atoms with Gasteiger partial charge in [0.25, 0.3) is 0 Å². The molecule has 0 heterocycles. The lowest BCUT2D eigenvalue weighted by Crippen LogP contribution is -2.38. The molecule has 66 heavy (non-hydrogen) atoms. The van der Waals surface area contributed by atoms with Gasteiger partial charge in [-0.1, -0.05) is 155 Å². The molecule has 0 radical (unpaired) electrons. The fourth-order valence-corrected chi connectivity index (χ4v) is 7.96. The molecule has 0 aromatic heterocycles. The van der Waals surface area contributed by atoms with Gasteiger partial charge < -0.3 is 24.1 Å². The second-order valence-electron chi connectivity index (χ2n) is 19.3. The van der Waals surface area contributed by atoms with Gasteiger partial charge >= 0.3 is 23.9 Å². The van der Waals surface area contributed by atoms with Crippen molar-refractivity contribution in [2.24, 2.45) is 11.8 Å². The van der Waals surface area contributed by atoms with Crippen LogP contribution in [0.15, 0.2) is 11.6 Å². The smallest absolute Gasteiger partial charge is 0.305 e. The Balaban J connectivity index is 5.26. The summed E-state index contributed by atoms with van der Waals surface area (Å²) in [5.41, 5.74) is 1.27. The van der Waals surface area contributed by atoms with E-state index in [2.05, 4.69) is 57.4 Å². The highest BCUT2D eigenvalue weighted by Gasteiger charge is 2.18. The summed E-state index contributed by atoms with van der Waals surface area (Å²) in [6.07, 6.45) is 30.9. The minimum Gasteiger partial charge on any atom is -0.465 e. The van der Waals surface area contributed by atoms with Crippen molar-refractivity contribution in [1.29, 1.82) is 0 Å². The molecule has 388 valence electrons. The van der Waals surface area contributed by atoms with Crippen LogP contribution in [-0.4, -0.2) is 111 Å². The molecule has 0 aliphatic heterocycles. The summed E-state index contributed by atoms with van der Waals surface area (Å²) in [6.45, 7) is 19.1. The minimum atomic E-state index is -0.168. The maximum absolute atomic E-state index is 12.6. The highest BCUT2D eigenvalue weighted by molar-refractivity contribution is 5.70. The van der Waals surface area contributed by atoms with Gasteiger partial charge in [-0.25, -0.2) is 0 Å². The third-order valence-electron chi connectivity index (χ3n) is 12.4. The van der Waals surface area contributed by atoms with Gasteiger partial charge in [-0.05, 0) is 78.3 Å². The molecule has 0 unspecified atom stereocenters. The third-order valence-corrected chi connectivity index (χ3v) is 12.4. The maximum Gasteiger partial charge on any atom is 0.305 e. The number of aliphatic hydroxyl groups is 1. The van der Waals surface area contributed by atoms with Gasteiger partial charge in [-0.15, -0.1) is 0 Å². The first-order valence-electron chi connectivity index (χ1n) is 27.4. The SMILES string of the molecule is CCCCCCCC(=O)OCC(CCCCN(CC=C(C)C)CCN(CCO)CCCCC(COC(=O)CCCCCCC)COC(=O)CCCCCCC)COC(=O)CCCCCCC. The summed E-state index contributed by atoms with van der Waals surface area (Å²) in [5.74, 6) is -0.718. The molecule has 0 rings (SSSR count). The molecule has 0 spiro atoms. The van der Waals surface area contributed by atoms with E-state index in [1.54, 1.807) is 0 Å². The highest BCUT2D eigenvalue weighted by atomic mass is 16.6. The number of carbonyl (C=O) groups is 4. The molecule has 0 aromatic rings. The zero-order valence-corrected chi connectivity index (χ0v) is 43.8. The maximum atomic E-state index is 12.6. The zero-order chi connectivity index (χ0) is 48.7. The van der Waals surface area contributed by atoms with Crippen molar-refractivity contribution in [3.8, 4) is 0 Å². The summed E-state index contributed by atoms with van der Waals surface area (Å²) in [4.78, 5) is 55.1. The third kappa shape index (κ3) is 42.8. The van der Waals surface area contributed by atoms with Gasteiger partial charge in [0.05, 0.1) is 33.0 Å². The number of allylic oxidation sites excluding steroid dienone is 1. The monoisotopic (exact) mass is 937 g/mol. The van der Waals surface area contributed by atoms with Crippen LogP contribution >= 0.6 is 0 Å². The van der Waals surface area contributed by atoms with E-state index in [-0.39, 0.29) is 68.7 Å². The van der Waals surface area contributed by atoms with Crippen LogP contribution in [0.4, 0.5) is 0 Å². The molecule has 1 N–H and O–H groups in total. The van der Waals surface area contributed by atoms with E-state index in [1.807, 2.05) is 0 Å². The number of ether oxygens (including phenoxy) is 4. The minimum absolute atomic E-state index is 0.0244. The van der Waals surface area contributed by atoms with Crippen LogP contribution in [-0.2, 0) is 38.1 Å². The van der Waals surface area contributed by atoms with Crippen LogP contribution in [0.5, 0.6) is 0 Å². The van der Waals surface area contributed by atoms with Gasteiger partial charge in [0.1, 0.15) is 0 Å². The van der Waals surface area contributed by atoms with Crippen molar-refractivity contribution in [3.05, 3.63) is 11.6 Å². The summed E-state index contributed by atoms with van der Waals surface area (Å²) >= 11 is 0. The van der Waals surface area contributed by atoms with Crippen LogP contribution in [0.1, 0.15) is 234 Å². The number of hydrogen-bond acceptors (Lipinski definition) is 11. The molecular formula is C55H104N2O9. The summed E-state index contributed by atoms with van der Waals surface area (Å²) in [7, 11) is 0. The van der Waals surface area contributed by atoms with Gasteiger partial charge in [0.15, 0.2) is 0 Å². The van der Waals surface area contributed by atoms with Crippen LogP contribution < -0.4 is 0 Å². The van der Waals surface area contributed by atoms with Crippen LogP contribution in [0.2, 0.25) is 0 Å². The molecule has 0 saturated carbocycles. The van der Waals surface area contributed by atoms with Crippen LogP contribution in [0, 0.1) is 11.8 Å². The van der Waals surface area contributed by atoms with Crippen molar-refractivity contribution in [2.75, 3.05) is 72.3 Å². The number of rotatable bonds is 49. The Morgan fingerprint density at radius 2 is 0.727 bits per heavy atom. The first-order chi connectivity index (χ1) is 32.1. The van der Waals surface area contributed by atoms with E-state index >= 15 is 0 Å². The van der Waals surface area contributed by atoms with Crippen molar-refractivity contribution in [3.63, 3.8) is 0 Å². The first kappa shape index (κ1) is 63.5. The second kappa shape index (κ2) is 47.6. The average molecular weight is 937 g/mol. The van der Waals surface area contributed by atoms with Crippen molar-refractivity contribution >= 4 is 23.9 Å². The van der Waals surface area contributed by atoms with E-state index in [9.17, 15) is 24.3 Å². The Hall–Kier alpha value is -2.50. The van der Waals surface area contributed by atoms with Crippen LogP contribution in [0.25, 0.3) is 0 Å². The number of esters is 4. The topological polar surface area (TPSA) is 132 Å². The number of carbonyl (C=O) groups excluding carboxylic acids is 4. The predicted molar refractivity (Wildman–Crippen MR) is 271 cm³/mol. The highest BCUT2D eigenvalue weighted by Crippen LogP contribution is 2.17. The largest absolute Gasteiger partial charge is 0.465 e. The molecule has 0 amide bonds. The van der Waals surface area contributed by atoms with E-state index in [4.69, 9.17) is 18.9 Å². The zero-order valence-electron chi connectivity index (χ0n) is 43.8. The van der Waals surface area contributed by atoms with Gasteiger partial charge in [-0.3, -0.25) is 29.0 Å².